The number of hydrogen-bond acceptors (Lipinski definition) is 3. The summed E-state index contributed by atoms with van der Waals surface area (Å²) in [6.07, 6.45) is 2.48. The van der Waals surface area contributed by atoms with E-state index in [-0.39, 0.29) is 36.8 Å². The van der Waals surface area contributed by atoms with Gasteiger partial charge in [0.2, 0.25) is 0 Å². The molecule has 0 saturated carbocycles. The standard InChI is InChI=1S/C13H21N3O.2ClH/c1-9(2)6-12(7-14)16-13(17)11-5-4-10(3)15-8-11;;/h4-5,8-9,12H,6-7,14H2,1-3H3,(H,16,17);2*1H. The molecule has 1 heterocycles. The van der Waals surface area contributed by atoms with Crippen molar-refractivity contribution in [2.45, 2.75) is 33.2 Å². The minimum atomic E-state index is -0.103. The molecule has 4 nitrogen and oxygen atoms in total. The van der Waals surface area contributed by atoms with Gasteiger partial charge in [-0.3, -0.25) is 9.78 Å². The normalized spacial score (nSPS) is 11.2. The van der Waals surface area contributed by atoms with Crippen LogP contribution in [0.15, 0.2) is 18.3 Å². The minimum absolute atomic E-state index is 0. The van der Waals surface area contributed by atoms with Crippen molar-refractivity contribution in [2.24, 2.45) is 11.7 Å². The lowest BCUT2D eigenvalue weighted by Gasteiger charge is -2.18. The molecule has 1 aromatic heterocycles. The topological polar surface area (TPSA) is 68.0 Å². The number of hydrogen-bond donors (Lipinski definition) is 2. The van der Waals surface area contributed by atoms with Gasteiger partial charge in [-0.05, 0) is 31.4 Å². The van der Waals surface area contributed by atoms with Crippen LogP contribution in [0.25, 0.3) is 0 Å². The smallest absolute Gasteiger partial charge is 0.253 e. The van der Waals surface area contributed by atoms with Gasteiger partial charge in [-0.2, -0.15) is 0 Å². The molecule has 1 unspecified atom stereocenters. The molecule has 0 radical (unpaired) electrons. The molecule has 0 saturated heterocycles. The van der Waals surface area contributed by atoms with Crippen molar-refractivity contribution in [3.8, 4) is 0 Å². The number of carbonyl (C=O) groups is 1. The van der Waals surface area contributed by atoms with Gasteiger partial charge in [0.15, 0.2) is 0 Å². The van der Waals surface area contributed by atoms with Crippen LogP contribution in [0.3, 0.4) is 0 Å². The number of amides is 1. The number of aromatic nitrogens is 1. The van der Waals surface area contributed by atoms with E-state index in [9.17, 15) is 4.79 Å². The molecule has 19 heavy (non-hydrogen) atoms. The molecule has 1 amide bonds. The van der Waals surface area contributed by atoms with E-state index in [0.29, 0.717) is 18.0 Å². The van der Waals surface area contributed by atoms with E-state index in [2.05, 4.69) is 24.1 Å². The lowest BCUT2D eigenvalue weighted by atomic mass is 10.0. The summed E-state index contributed by atoms with van der Waals surface area (Å²) in [7, 11) is 0. The lowest BCUT2D eigenvalue weighted by molar-refractivity contribution is 0.0933. The number of nitrogens with one attached hydrogen (secondary N) is 1. The van der Waals surface area contributed by atoms with E-state index >= 15 is 0 Å². The predicted octanol–water partition coefficient (Wildman–Crippen LogP) is 2.34. The first-order valence-electron chi connectivity index (χ1n) is 5.96. The van der Waals surface area contributed by atoms with Crippen LogP contribution in [0.4, 0.5) is 0 Å². The number of nitrogens with zero attached hydrogens (tertiary/aromatic N) is 1. The van der Waals surface area contributed by atoms with Crippen LogP contribution in [0, 0.1) is 12.8 Å². The van der Waals surface area contributed by atoms with Crippen molar-refractivity contribution in [1.29, 1.82) is 0 Å². The van der Waals surface area contributed by atoms with Gasteiger partial charge in [-0.25, -0.2) is 0 Å². The first-order chi connectivity index (χ1) is 8.02. The first-order valence-corrected chi connectivity index (χ1v) is 5.96. The quantitative estimate of drug-likeness (QED) is 0.877. The third-order valence-electron chi connectivity index (χ3n) is 2.55. The molecule has 0 spiro atoms. The van der Waals surface area contributed by atoms with E-state index in [1.165, 1.54) is 0 Å². The predicted molar refractivity (Wildman–Crippen MR) is 83.2 cm³/mol. The highest BCUT2D eigenvalue weighted by Crippen LogP contribution is 2.05. The van der Waals surface area contributed by atoms with Gasteiger partial charge in [-0.15, -0.1) is 24.8 Å². The summed E-state index contributed by atoms with van der Waals surface area (Å²) >= 11 is 0. The molecule has 3 N–H and O–H groups in total. The SMILES string of the molecule is Cc1ccc(C(=O)NC(CN)CC(C)C)cn1.Cl.Cl. The van der Waals surface area contributed by atoms with Gasteiger partial charge in [0.25, 0.3) is 5.91 Å². The molecule has 0 aliphatic rings. The molecule has 110 valence electrons. The molecular formula is C13H23Cl2N3O. The molecule has 1 aromatic rings. The highest BCUT2D eigenvalue weighted by molar-refractivity contribution is 5.94. The number of pyridine rings is 1. The Bertz CT molecular complexity index is 369. The van der Waals surface area contributed by atoms with Crippen molar-refractivity contribution in [2.75, 3.05) is 6.54 Å². The summed E-state index contributed by atoms with van der Waals surface area (Å²) in [4.78, 5) is 16.0. The van der Waals surface area contributed by atoms with Crippen molar-refractivity contribution >= 4 is 30.7 Å². The maximum atomic E-state index is 11.9. The third-order valence-corrected chi connectivity index (χ3v) is 2.55. The van der Waals surface area contributed by atoms with E-state index in [0.717, 1.165) is 12.1 Å². The monoisotopic (exact) mass is 307 g/mol. The van der Waals surface area contributed by atoms with Crippen molar-refractivity contribution in [3.63, 3.8) is 0 Å². The molecule has 0 bridgehead atoms. The minimum Gasteiger partial charge on any atom is -0.348 e. The Morgan fingerprint density at radius 1 is 1.37 bits per heavy atom. The average Bonchev–Trinajstić information content (AvgIpc) is 2.28. The summed E-state index contributed by atoms with van der Waals surface area (Å²) in [6.45, 7) is 6.58. The Morgan fingerprint density at radius 3 is 2.42 bits per heavy atom. The second-order valence-corrected chi connectivity index (χ2v) is 4.72. The molecule has 6 heteroatoms. The Labute approximate surface area is 127 Å². The summed E-state index contributed by atoms with van der Waals surface area (Å²) < 4.78 is 0. The fourth-order valence-electron chi connectivity index (χ4n) is 1.65. The zero-order chi connectivity index (χ0) is 12.8. The number of carbonyl (C=O) groups excluding carboxylic acids is 1. The second kappa shape index (κ2) is 10.0. The van der Waals surface area contributed by atoms with Crippen LogP contribution < -0.4 is 11.1 Å². The zero-order valence-corrected chi connectivity index (χ0v) is 13.2. The van der Waals surface area contributed by atoms with Crippen LogP contribution in [-0.4, -0.2) is 23.5 Å². The molecule has 0 aliphatic heterocycles. The van der Waals surface area contributed by atoms with Crippen molar-refractivity contribution in [1.82, 2.24) is 10.3 Å². The van der Waals surface area contributed by atoms with Gasteiger partial charge in [0, 0.05) is 24.5 Å². The maximum absolute atomic E-state index is 11.9. The lowest BCUT2D eigenvalue weighted by Crippen LogP contribution is -2.41. The van der Waals surface area contributed by atoms with E-state index in [1.807, 2.05) is 13.0 Å². The largest absolute Gasteiger partial charge is 0.348 e. The average molecular weight is 308 g/mol. The van der Waals surface area contributed by atoms with Crippen LogP contribution in [0.1, 0.15) is 36.3 Å². The molecule has 0 aromatic carbocycles. The van der Waals surface area contributed by atoms with Gasteiger partial charge < -0.3 is 11.1 Å². The second-order valence-electron chi connectivity index (χ2n) is 4.72. The number of aryl methyl sites for hydroxylation is 1. The maximum Gasteiger partial charge on any atom is 0.253 e. The fourth-order valence-corrected chi connectivity index (χ4v) is 1.65. The molecule has 1 atom stereocenters. The van der Waals surface area contributed by atoms with Crippen LogP contribution >= 0.6 is 24.8 Å². The van der Waals surface area contributed by atoms with Crippen LogP contribution in [0.2, 0.25) is 0 Å². The Kier molecular flexibility index (Phi) is 10.8. The Morgan fingerprint density at radius 2 is 2.00 bits per heavy atom. The Balaban J connectivity index is 0. The number of rotatable bonds is 5. The van der Waals surface area contributed by atoms with Crippen molar-refractivity contribution in [3.05, 3.63) is 29.6 Å². The fraction of sp³-hybridized carbons (Fsp3) is 0.538. The summed E-state index contributed by atoms with van der Waals surface area (Å²) in [5.41, 5.74) is 7.12. The van der Waals surface area contributed by atoms with Gasteiger partial charge >= 0.3 is 0 Å². The van der Waals surface area contributed by atoms with Crippen LogP contribution in [-0.2, 0) is 0 Å². The summed E-state index contributed by atoms with van der Waals surface area (Å²) in [5, 5.41) is 2.93. The molecule has 1 rings (SSSR count). The van der Waals surface area contributed by atoms with Crippen LogP contribution in [0.5, 0.6) is 0 Å². The van der Waals surface area contributed by atoms with Gasteiger partial charge in [0.1, 0.15) is 0 Å². The van der Waals surface area contributed by atoms with Crippen molar-refractivity contribution < 1.29 is 4.79 Å². The molecule has 0 fully saturated rings. The summed E-state index contributed by atoms with van der Waals surface area (Å²) in [5.74, 6) is 0.411. The molecular weight excluding hydrogens is 285 g/mol. The van der Waals surface area contributed by atoms with E-state index in [1.54, 1.807) is 12.3 Å². The molecule has 0 aliphatic carbocycles. The summed E-state index contributed by atoms with van der Waals surface area (Å²) in [6, 6.07) is 3.64. The van der Waals surface area contributed by atoms with Gasteiger partial charge in [0.05, 0.1) is 5.56 Å². The zero-order valence-electron chi connectivity index (χ0n) is 11.6. The Hall–Kier alpha value is -0.840. The highest BCUT2D eigenvalue weighted by Gasteiger charge is 2.13. The highest BCUT2D eigenvalue weighted by atomic mass is 35.5. The van der Waals surface area contributed by atoms with E-state index < -0.39 is 0 Å². The van der Waals surface area contributed by atoms with Gasteiger partial charge in [-0.1, -0.05) is 13.8 Å². The van der Waals surface area contributed by atoms with E-state index in [4.69, 9.17) is 5.73 Å². The third kappa shape index (κ3) is 7.35. The first kappa shape index (κ1) is 20.5. The number of nitrogens with two attached hydrogens (primary N) is 1. The number of halogens is 2.